The molecule has 1 aliphatic heterocycles. The number of hydrogen-bond acceptors (Lipinski definition) is 4. The number of carbonyl (C=O) groups excluding carboxylic acids is 1. The van der Waals surface area contributed by atoms with E-state index in [9.17, 15) is 14.0 Å². The molecule has 0 spiro atoms. The first-order chi connectivity index (χ1) is 11.5. The molecule has 0 bridgehead atoms. The molecule has 132 valence electrons. The molecule has 0 aromatic heterocycles. The maximum absolute atomic E-state index is 13.5. The number of carbonyl (C=O) groups is 2. The summed E-state index contributed by atoms with van der Waals surface area (Å²) < 4.78 is 24.6. The van der Waals surface area contributed by atoms with Crippen LogP contribution in [0.2, 0.25) is 0 Å². The predicted molar refractivity (Wildman–Crippen MR) is 84.8 cm³/mol. The van der Waals surface area contributed by atoms with Crippen molar-refractivity contribution < 1.29 is 28.6 Å². The fourth-order valence-corrected chi connectivity index (χ4v) is 2.25. The minimum atomic E-state index is -0.986. The van der Waals surface area contributed by atoms with E-state index in [4.69, 9.17) is 14.6 Å². The Labute approximate surface area is 139 Å². The number of aliphatic carboxylic acids is 1. The van der Waals surface area contributed by atoms with Crippen molar-refractivity contribution in [2.24, 2.45) is 0 Å². The summed E-state index contributed by atoms with van der Waals surface area (Å²) in [6.45, 7) is 1.23. The standard InChI is InChI=1S/C16H21FN2O5/c1-19(7-4-15(20)21)16(22)18-13-3-2-11(17)10-14(13)24-12-5-8-23-9-6-12/h2-3,10,12H,4-9H2,1H3,(H,18,22)(H,20,21). The molecular formula is C16H21FN2O5. The van der Waals surface area contributed by atoms with Gasteiger partial charge in [-0.05, 0) is 12.1 Å². The number of benzene rings is 1. The van der Waals surface area contributed by atoms with Gasteiger partial charge in [0.05, 0.1) is 25.3 Å². The molecule has 1 aromatic rings. The fraction of sp³-hybridized carbons (Fsp3) is 0.500. The van der Waals surface area contributed by atoms with Crippen LogP contribution in [0.4, 0.5) is 14.9 Å². The van der Waals surface area contributed by atoms with E-state index in [2.05, 4.69) is 5.32 Å². The third-order valence-corrected chi connectivity index (χ3v) is 3.65. The number of carboxylic acid groups (broad SMARTS) is 1. The van der Waals surface area contributed by atoms with E-state index in [0.29, 0.717) is 31.7 Å². The van der Waals surface area contributed by atoms with E-state index in [-0.39, 0.29) is 24.8 Å². The van der Waals surface area contributed by atoms with Gasteiger partial charge >= 0.3 is 12.0 Å². The van der Waals surface area contributed by atoms with E-state index in [0.717, 1.165) is 0 Å². The zero-order valence-corrected chi connectivity index (χ0v) is 13.5. The zero-order valence-electron chi connectivity index (χ0n) is 13.5. The number of nitrogens with zero attached hydrogens (tertiary/aromatic N) is 1. The highest BCUT2D eigenvalue weighted by molar-refractivity contribution is 5.91. The number of rotatable bonds is 6. The number of hydrogen-bond donors (Lipinski definition) is 2. The molecule has 8 heteroatoms. The summed E-state index contributed by atoms with van der Waals surface area (Å²) in [6, 6.07) is 3.39. The van der Waals surface area contributed by atoms with Crippen LogP contribution in [0.25, 0.3) is 0 Å². The summed E-state index contributed by atoms with van der Waals surface area (Å²) in [5, 5.41) is 11.3. The number of ether oxygens (including phenoxy) is 2. The lowest BCUT2D eigenvalue weighted by atomic mass is 10.1. The number of urea groups is 1. The molecular weight excluding hydrogens is 319 g/mol. The second-order valence-corrected chi connectivity index (χ2v) is 5.57. The van der Waals surface area contributed by atoms with Crippen LogP contribution in [0.5, 0.6) is 5.75 Å². The Hall–Kier alpha value is -2.35. The van der Waals surface area contributed by atoms with Crippen molar-refractivity contribution in [2.45, 2.75) is 25.4 Å². The van der Waals surface area contributed by atoms with Crippen LogP contribution in [-0.4, -0.2) is 54.9 Å². The molecule has 0 atom stereocenters. The van der Waals surface area contributed by atoms with Gasteiger partial charge in [0, 0.05) is 32.5 Å². The van der Waals surface area contributed by atoms with Gasteiger partial charge in [-0.1, -0.05) is 0 Å². The first-order valence-corrected chi connectivity index (χ1v) is 7.73. The summed E-state index contributed by atoms with van der Waals surface area (Å²) in [5.74, 6) is -1.20. The lowest BCUT2D eigenvalue weighted by Crippen LogP contribution is -2.33. The highest BCUT2D eigenvalue weighted by Crippen LogP contribution is 2.28. The Kier molecular flexibility index (Phi) is 6.36. The van der Waals surface area contributed by atoms with Crippen molar-refractivity contribution in [3.8, 4) is 5.75 Å². The first kappa shape index (κ1) is 18.0. The van der Waals surface area contributed by atoms with Crippen LogP contribution in [0, 0.1) is 5.82 Å². The van der Waals surface area contributed by atoms with Gasteiger partial charge in [-0.2, -0.15) is 0 Å². The van der Waals surface area contributed by atoms with Crippen molar-refractivity contribution in [1.82, 2.24) is 4.90 Å². The quantitative estimate of drug-likeness (QED) is 0.830. The third-order valence-electron chi connectivity index (χ3n) is 3.65. The molecule has 2 amide bonds. The van der Waals surface area contributed by atoms with Crippen molar-refractivity contribution in [3.63, 3.8) is 0 Å². The van der Waals surface area contributed by atoms with Gasteiger partial charge in [0.1, 0.15) is 17.7 Å². The topological polar surface area (TPSA) is 88.1 Å². The van der Waals surface area contributed by atoms with E-state index in [1.807, 2.05) is 0 Å². The van der Waals surface area contributed by atoms with Crippen LogP contribution in [0.3, 0.4) is 0 Å². The molecule has 1 fully saturated rings. The Morgan fingerprint density at radius 1 is 1.42 bits per heavy atom. The van der Waals surface area contributed by atoms with Crippen LogP contribution >= 0.6 is 0 Å². The highest BCUT2D eigenvalue weighted by atomic mass is 19.1. The molecule has 0 saturated carbocycles. The molecule has 24 heavy (non-hydrogen) atoms. The normalized spacial score (nSPS) is 14.9. The largest absolute Gasteiger partial charge is 0.488 e. The predicted octanol–water partition coefficient (Wildman–Crippen LogP) is 2.32. The molecule has 7 nitrogen and oxygen atoms in total. The summed E-state index contributed by atoms with van der Waals surface area (Å²) in [4.78, 5) is 23.9. The molecule has 1 saturated heterocycles. The monoisotopic (exact) mass is 340 g/mol. The molecule has 0 radical (unpaired) electrons. The molecule has 1 heterocycles. The lowest BCUT2D eigenvalue weighted by Gasteiger charge is -2.25. The summed E-state index contributed by atoms with van der Waals surface area (Å²) >= 11 is 0. The number of amides is 2. The van der Waals surface area contributed by atoms with Crippen molar-refractivity contribution in [3.05, 3.63) is 24.0 Å². The van der Waals surface area contributed by atoms with Crippen molar-refractivity contribution >= 4 is 17.7 Å². The van der Waals surface area contributed by atoms with Gasteiger partial charge < -0.3 is 24.8 Å². The molecule has 1 aromatic carbocycles. The second kappa shape index (κ2) is 8.49. The highest BCUT2D eigenvalue weighted by Gasteiger charge is 2.19. The van der Waals surface area contributed by atoms with Gasteiger partial charge in [0.15, 0.2) is 0 Å². The molecule has 1 aliphatic rings. The minimum absolute atomic E-state index is 0.0680. The van der Waals surface area contributed by atoms with Crippen LogP contribution < -0.4 is 10.1 Å². The lowest BCUT2D eigenvalue weighted by molar-refractivity contribution is -0.137. The Bertz CT molecular complexity index is 590. The summed E-state index contributed by atoms with van der Waals surface area (Å²) in [5.41, 5.74) is 0.343. The molecule has 2 N–H and O–H groups in total. The average Bonchev–Trinajstić information content (AvgIpc) is 2.56. The summed E-state index contributed by atoms with van der Waals surface area (Å²) in [7, 11) is 1.49. The van der Waals surface area contributed by atoms with Gasteiger partial charge in [0.2, 0.25) is 0 Å². The van der Waals surface area contributed by atoms with Gasteiger partial charge in [-0.3, -0.25) is 4.79 Å². The second-order valence-electron chi connectivity index (χ2n) is 5.57. The third kappa shape index (κ3) is 5.38. The summed E-state index contributed by atoms with van der Waals surface area (Å²) in [6.07, 6.45) is 1.14. The van der Waals surface area contributed by atoms with E-state index < -0.39 is 17.8 Å². The average molecular weight is 340 g/mol. The Morgan fingerprint density at radius 3 is 2.79 bits per heavy atom. The Balaban J connectivity index is 2.03. The van der Waals surface area contributed by atoms with E-state index in [1.54, 1.807) is 0 Å². The van der Waals surface area contributed by atoms with Crippen LogP contribution in [-0.2, 0) is 9.53 Å². The van der Waals surface area contributed by atoms with Crippen LogP contribution in [0.15, 0.2) is 18.2 Å². The molecule has 2 rings (SSSR count). The van der Waals surface area contributed by atoms with Gasteiger partial charge in [-0.15, -0.1) is 0 Å². The van der Waals surface area contributed by atoms with Gasteiger partial charge in [-0.25, -0.2) is 9.18 Å². The van der Waals surface area contributed by atoms with E-state index in [1.165, 1.54) is 30.1 Å². The smallest absolute Gasteiger partial charge is 0.321 e. The first-order valence-electron chi connectivity index (χ1n) is 7.73. The van der Waals surface area contributed by atoms with Crippen molar-refractivity contribution in [1.29, 1.82) is 0 Å². The zero-order chi connectivity index (χ0) is 17.5. The van der Waals surface area contributed by atoms with Gasteiger partial charge in [0.25, 0.3) is 0 Å². The SMILES string of the molecule is CN(CCC(=O)O)C(=O)Nc1ccc(F)cc1OC1CCOCC1. The Morgan fingerprint density at radius 2 is 2.12 bits per heavy atom. The maximum atomic E-state index is 13.5. The van der Waals surface area contributed by atoms with Crippen LogP contribution in [0.1, 0.15) is 19.3 Å². The molecule has 0 aliphatic carbocycles. The minimum Gasteiger partial charge on any atom is -0.488 e. The van der Waals surface area contributed by atoms with Crippen molar-refractivity contribution in [2.75, 3.05) is 32.1 Å². The fourth-order valence-electron chi connectivity index (χ4n) is 2.25. The molecule has 0 unspecified atom stereocenters. The van der Waals surface area contributed by atoms with E-state index >= 15 is 0 Å². The number of halogens is 1. The number of nitrogens with one attached hydrogen (secondary N) is 1. The maximum Gasteiger partial charge on any atom is 0.321 e. The number of carboxylic acids is 1. The number of anilines is 1.